The molecule has 0 aliphatic heterocycles. The second kappa shape index (κ2) is 9.59. The standard InChI is InChI=1S/C24H19N7O2S/c32-21(26-20-15-22(33)31(29-20)19-9-5-2-6-10-19)16-34-24-28-27-23(17-11-13-25-14-12-17)30(24)18-7-3-1-4-8-18/h1-15,29H,16H2,(H,26,32). The lowest BCUT2D eigenvalue weighted by Crippen LogP contribution is -2.15. The van der Waals surface area contributed by atoms with Crippen molar-refractivity contribution in [3.8, 4) is 22.8 Å². The number of amides is 1. The van der Waals surface area contributed by atoms with Crippen LogP contribution in [0, 0.1) is 0 Å². The fraction of sp³-hybridized carbons (Fsp3) is 0.0417. The van der Waals surface area contributed by atoms with E-state index in [2.05, 4.69) is 25.6 Å². The summed E-state index contributed by atoms with van der Waals surface area (Å²) in [7, 11) is 0. The van der Waals surface area contributed by atoms with Gasteiger partial charge in [0.15, 0.2) is 11.0 Å². The number of benzene rings is 2. The number of pyridine rings is 1. The number of hydrogen-bond donors (Lipinski definition) is 2. The third-order valence-corrected chi connectivity index (χ3v) is 5.86. The number of hydrogen-bond acceptors (Lipinski definition) is 6. The normalized spacial score (nSPS) is 10.8. The molecule has 0 saturated carbocycles. The zero-order valence-electron chi connectivity index (χ0n) is 17.8. The van der Waals surface area contributed by atoms with Crippen LogP contribution in [0.2, 0.25) is 0 Å². The summed E-state index contributed by atoms with van der Waals surface area (Å²) in [5.74, 6) is 0.779. The zero-order chi connectivity index (χ0) is 23.3. The molecule has 9 nitrogen and oxygen atoms in total. The maximum Gasteiger partial charge on any atom is 0.273 e. The summed E-state index contributed by atoms with van der Waals surface area (Å²) in [6.07, 6.45) is 3.39. The number of aromatic nitrogens is 6. The van der Waals surface area contributed by atoms with Crippen LogP contribution in [-0.2, 0) is 4.79 Å². The van der Waals surface area contributed by atoms with Crippen LogP contribution in [0.25, 0.3) is 22.8 Å². The van der Waals surface area contributed by atoms with Crippen LogP contribution in [0.4, 0.5) is 5.82 Å². The van der Waals surface area contributed by atoms with Gasteiger partial charge >= 0.3 is 0 Å². The van der Waals surface area contributed by atoms with Crippen molar-refractivity contribution in [1.82, 2.24) is 29.5 Å². The first-order valence-electron chi connectivity index (χ1n) is 10.4. The first kappa shape index (κ1) is 21.4. The monoisotopic (exact) mass is 469 g/mol. The lowest BCUT2D eigenvalue weighted by molar-refractivity contribution is -0.113. The van der Waals surface area contributed by atoms with Crippen molar-refractivity contribution in [1.29, 1.82) is 0 Å². The minimum Gasteiger partial charge on any atom is -0.310 e. The Kier molecular flexibility index (Phi) is 6.04. The van der Waals surface area contributed by atoms with E-state index in [1.165, 1.54) is 22.5 Å². The molecule has 3 aromatic heterocycles. The average Bonchev–Trinajstić information content (AvgIpc) is 3.47. The highest BCUT2D eigenvalue weighted by Crippen LogP contribution is 2.27. The van der Waals surface area contributed by atoms with Gasteiger partial charge in [0.25, 0.3) is 5.56 Å². The molecular weight excluding hydrogens is 450 g/mol. The van der Waals surface area contributed by atoms with E-state index in [0.29, 0.717) is 22.5 Å². The highest BCUT2D eigenvalue weighted by Gasteiger charge is 2.17. The molecule has 1 amide bonds. The fourth-order valence-corrected chi connectivity index (χ4v) is 4.16. The number of nitrogens with zero attached hydrogens (tertiary/aromatic N) is 5. The Morgan fingerprint density at radius 1 is 0.912 bits per heavy atom. The van der Waals surface area contributed by atoms with Gasteiger partial charge in [0.1, 0.15) is 5.82 Å². The predicted molar refractivity (Wildman–Crippen MR) is 130 cm³/mol. The van der Waals surface area contributed by atoms with Crippen LogP contribution in [0.1, 0.15) is 0 Å². The van der Waals surface area contributed by atoms with Gasteiger partial charge in [-0.05, 0) is 36.4 Å². The highest BCUT2D eigenvalue weighted by molar-refractivity contribution is 7.99. The molecular formula is C24H19N7O2S. The maximum atomic E-state index is 12.6. The molecule has 0 fully saturated rings. The van der Waals surface area contributed by atoms with Crippen molar-refractivity contribution in [2.75, 3.05) is 11.1 Å². The van der Waals surface area contributed by atoms with E-state index in [9.17, 15) is 9.59 Å². The summed E-state index contributed by atoms with van der Waals surface area (Å²) in [5, 5.41) is 14.9. The molecule has 0 atom stereocenters. The lowest BCUT2D eigenvalue weighted by atomic mass is 10.2. The summed E-state index contributed by atoms with van der Waals surface area (Å²) >= 11 is 1.25. The quantitative estimate of drug-likeness (QED) is 0.353. The highest BCUT2D eigenvalue weighted by atomic mass is 32.2. The molecule has 0 saturated heterocycles. The van der Waals surface area contributed by atoms with E-state index in [0.717, 1.165) is 11.3 Å². The van der Waals surface area contributed by atoms with Crippen LogP contribution < -0.4 is 10.9 Å². The second-order valence-corrected chi connectivity index (χ2v) is 8.17. The first-order valence-corrected chi connectivity index (χ1v) is 11.4. The van der Waals surface area contributed by atoms with Crippen molar-refractivity contribution in [2.24, 2.45) is 0 Å². The van der Waals surface area contributed by atoms with Crippen LogP contribution in [0.3, 0.4) is 0 Å². The largest absolute Gasteiger partial charge is 0.310 e. The SMILES string of the molecule is O=C(CSc1nnc(-c2ccncc2)n1-c1ccccc1)Nc1cc(=O)n(-c2ccccc2)[nH]1. The molecule has 5 aromatic rings. The molecule has 3 heterocycles. The van der Waals surface area contributed by atoms with Crippen LogP contribution >= 0.6 is 11.8 Å². The van der Waals surface area contributed by atoms with Gasteiger partial charge < -0.3 is 5.32 Å². The van der Waals surface area contributed by atoms with Gasteiger partial charge in [0.05, 0.1) is 11.4 Å². The van der Waals surface area contributed by atoms with E-state index in [1.807, 2.05) is 65.2 Å². The van der Waals surface area contributed by atoms with E-state index < -0.39 is 0 Å². The molecule has 0 unspecified atom stereocenters. The number of rotatable bonds is 7. The van der Waals surface area contributed by atoms with Gasteiger partial charge in [0.2, 0.25) is 5.91 Å². The lowest BCUT2D eigenvalue weighted by Gasteiger charge is -2.10. The van der Waals surface area contributed by atoms with Crippen LogP contribution in [-0.4, -0.2) is 41.2 Å². The number of nitrogens with one attached hydrogen (secondary N) is 2. The smallest absolute Gasteiger partial charge is 0.273 e. The molecule has 34 heavy (non-hydrogen) atoms. The third kappa shape index (κ3) is 4.52. The molecule has 0 radical (unpaired) electrons. The Morgan fingerprint density at radius 3 is 2.29 bits per heavy atom. The zero-order valence-corrected chi connectivity index (χ0v) is 18.6. The van der Waals surface area contributed by atoms with E-state index in [-0.39, 0.29) is 17.2 Å². The van der Waals surface area contributed by atoms with Gasteiger partial charge in [-0.3, -0.25) is 24.2 Å². The molecule has 10 heteroatoms. The van der Waals surface area contributed by atoms with E-state index in [4.69, 9.17) is 0 Å². The van der Waals surface area contributed by atoms with Gasteiger partial charge in [-0.1, -0.05) is 48.2 Å². The topological polar surface area (TPSA) is 110 Å². The minimum absolute atomic E-state index is 0.0832. The molecule has 0 bridgehead atoms. The fourth-order valence-electron chi connectivity index (χ4n) is 3.41. The molecule has 0 spiro atoms. The van der Waals surface area contributed by atoms with Crippen LogP contribution in [0.5, 0.6) is 0 Å². The minimum atomic E-state index is -0.278. The number of carbonyl (C=O) groups excluding carboxylic acids is 1. The van der Waals surface area contributed by atoms with Crippen molar-refractivity contribution in [3.05, 3.63) is 102 Å². The average molecular weight is 470 g/mol. The summed E-state index contributed by atoms with van der Waals surface area (Å²) in [4.78, 5) is 29.0. The Morgan fingerprint density at radius 2 is 1.59 bits per heavy atom. The number of H-pyrrole nitrogens is 1. The van der Waals surface area contributed by atoms with Gasteiger partial charge in [0, 0.05) is 29.7 Å². The van der Waals surface area contributed by atoms with Crippen molar-refractivity contribution < 1.29 is 4.79 Å². The Bertz CT molecular complexity index is 1460. The van der Waals surface area contributed by atoms with Crippen molar-refractivity contribution >= 4 is 23.5 Å². The summed E-state index contributed by atoms with van der Waals surface area (Å²) in [6, 6.07) is 23.9. The molecule has 5 rings (SSSR count). The first-order chi connectivity index (χ1) is 16.7. The Hall–Kier alpha value is -4.44. The molecule has 0 aliphatic carbocycles. The molecule has 0 aliphatic rings. The van der Waals surface area contributed by atoms with E-state index in [1.54, 1.807) is 24.5 Å². The summed E-state index contributed by atoms with van der Waals surface area (Å²) < 4.78 is 3.27. The third-order valence-electron chi connectivity index (χ3n) is 4.93. The number of carbonyl (C=O) groups is 1. The van der Waals surface area contributed by atoms with Crippen molar-refractivity contribution in [2.45, 2.75) is 5.16 Å². The van der Waals surface area contributed by atoms with Gasteiger partial charge in [-0.2, -0.15) is 0 Å². The van der Waals surface area contributed by atoms with Gasteiger partial charge in [-0.15, -0.1) is 10.2 Å². The summed E-state index contributed by atoms with van der Waals surface area (Å²) in [5.41, 5.74) is 2.16. The van der Waals surface area contributed by atoms with Gasteiger partial charge in [-0.25, -0.2) is 4.68 Å². The van der Waals surface area contributed by atoms with Crippen LogP contribution in [0.15, 0.2) is 101 Å². The number of anilines is 1. The predicted octanol–water partition coefficient (Wildman–Crippen LogP) is 3.54. The number of aromatic amines is 1. The molecule has 2 N–H and O–H groups in total. The summed E-state index contributed by atoms with van der Waals surface area (Å²) in [6.45, 7) is 0. The molecule has 168 valence electrons. The molecule has 2 aromatic carbocycles. The second-order valence-electron chi connectivity index (χ2n) is 7.23. The Balaban J connectivity index is 1.34. The van der Waals surface area contributed by atoms with Crippen molar-refractivity contribution in [3.63, 3.8) is 0 Å². The van der Waals surface area contributed by atoms with E-state index >= 15 is 0 Å². The number of thioether (sulfide) groups is 1. The Labute approximate surface area is 198 Å². The number of para-hydroxylation sites is 2. The maximum absolute atomic E-state index is 12.6.